The predicted octanol–water partition coefficient (Wildman–Crippen LogP) is 2.17. The Kier molecular flexibility index (Phi) is 3.36. The molecule has 0 saturated heterocycles. The smallest absolute Gasteiger partial charge is 0.0662 e. The van der Waals surface area contributed by atoms with E-state index in [1.165, 1.54) is 25.7 Å². The van der Waals surface area contributed by atoms with Crippen LogP contribution in [0.4, 0.5) is 0 Å². The molecule has 15 heavy (non-hydrogen) atoms. The third-order valence-corrected chi connectivity index (χ3v) is 4.68. The first kappa shape index (κ1) is 11.4. The van der Waals surface area contributed by atoms with Crippen molar-refractivity contribution < 1.29 is 5.11 Å². The molecule has 2 saturated carbocycles. The molecule has 0 aromatic rings. The highest BCUT2D eigenvalue weighted by Gasteiger charge is 2.41. The summed E-state index contributed by atoms with van der Waals surface area (Å²) in [6.07, 6.45) is 5.57. The van der Waals surface area contributed by atoms with Gasteiger partial charge in [0, 0.05) is 12.1 Å². The monoisotopic (exact) mass is 211 g/mol. The van der Waals surface area contributed by atoms with Crippen molar-refractivity contribution in [1.82, 2.24) is 5.32 Å². The molecule has 0 aromatic heterocycles. The fraction of sp³-hybridized carbons (Fsp3) is 1.00. The van der Waals surface area contributed by atoms with Gasteiger partial charge in [0.05, 0.1) is 6.10 Å². The van der Waals surface area contributed by atoms with Crippen LogP contribution in [0.5, 0.6) is 0 Å². The van der Waals surface area contributed by atoms with Crippen LogP contribution in [0.25, 0.3) is 0 Å². The third-order valence-electron chi connectivity index (χ3n) is 4.68. The van der Waals surface area contributed by atoms with Gasteiger partial charge in [0.1, 0.15) is 0 Å². The third kappa shape index (κ3) is 2.36. The summed E-state index contributed by atoms with van der Waals surface area (Å²) in [4.78, 5) is 0. The summed E-state index contributed by atoms with van der Waals surface area (Å²) < 4.78 is 0. The number of fused-ring (bicyclic) bond motifs is 2. The van der Waals surface area contributed by atoms with E-state index in [1.54, 1.807) is 0 Å². The minimum absolute atomic E-state index is 0.221. The SMILES string of the molecule is CC(O)C(C)NC(C)C1CC2CCC1C2. The molecule has 6 unspecified atom stereocenters. The summed E-state index contributed by atoms with van der Waals surface area (Å²) in [6.45, 7) is 6.24. The van der Waals surface area contributed by atoms with E-state index in [1.807, 2.05) is 6.92 Å². The summed E-state index contributed by atoms with van der Waals surface area (Å²) in [5, 5.41) is 13.0. The molecule has 88 valence electrons. The van der Waals surface area contributed by atoms with Crippen molar-refractivity contribution in [3.63, 3.8) is 0 Å². The summed E-state index contributed by atoms with van der Waals surface area (Å²) in [5.74, 6) is 2.86. The van der Waals surface area contributed by atoms with Crippen molar-refractivity contribution in [2.24, 2.45) is 17.8 Å². The van der Waals surface area contributed by atoms with E-state index in [2.05, 4.69) is 19.2 Å². The van der Waals surface area contributed by atoms with Gasteiger partial charge in [0.25, 0.3) is 0 Å². The Morgan fingerprint density at radius 1 is 1.13 bits per heavy atom. The molecule has 0 heterocycles. The van der Waals surface area contributed by atoms with E-state index in [4.69, 9.17) is 0 Å². The molecular formula is C13H25NO. The lowest BCUT2D eigenvalue weighted by atomic mass is 9.83. The summed E-state index contributed by atoms with van der Waals surface area (Å²) in [5.41, 5.74) is 0. The number of nitrogens with one attached hydrogen (secondary N) is 1. The van der Waals surface area contributed by atoms with Gasteiger partial charge in [-0.05, 0) is 57.8 Å². The first-order chi connectivity index (χ1) is 7.08. The van der Waals surface area contributed by atoms with Crippen LogP contribution in [0, 0.1) is 17.8 Å². The van der Waals surface area contributed by atoms with Crippen molar-refractivity contribution in [3.8, 4) is 0 Å². The lowest BCUT2D eigenvalue weighted by molar-refractivity contribution is 0.133. The number of hydrogen-bond donors (Lipinski definition) is 2. The second-order valence-electron chi connectivity index (χ2n) is 5.82. The Labute approximate surface area is 93.5 Å². The van der Waals surface area contributed by atoms with E-state index in [0.717, 1.165) is 17.8 Å². The van der Waals surface area contributed by atoms with Gasteiger partial charge in [-0.2, -0.15) is 0 Å². The molecule has 0 aliphatic heterocycles. The van der Waals surface area contributed by atoms with Crippen molar-refractivity contribution in [1.29, 1.82) is 0 Å². The number of aliphatic hydroxyl groups excluding tert-OH is 1. The number of rotatable bonds is 4. The van der Waals surface area contributed by atoms with Crippen molar-refractivity contribution in [2.45, 2.75) is 64.6 Å². The predicted molar refractivity (Wildman–Crippen MR) is 62.7 cm³/mol. The second kappa shape index (κ2) is 4.42. The van der Waals surface area contributed by atoms with Gasteiger partial charge < -0.3 is 10.4 Å². The molecule has 2 heteroatoms. The number of hydrogen-bond acceptors (Lipinski definition) is 2. The molecule has 2 bridgehead atoms. The lowest BCUT2D eigenvalue weighted by Crippen LogP contribution is -2.45. The van der Waals surface area contributed by atoms with E-state index >= 15 is 0 Å². The number of aliphatic hydroxyl groups is 1. The standard InChI is InChI=1S/C13H25NO/c1-8(10(3)15)14-9(2)13-7-11-4-5-12(13)6-11/h8-15H,4-7H2,1-3H3. The molecule has 0 amide bonds. The van der Waals surface area contributed by atoms with E-state index in [9.17, 15) is 5.11 Å². The molecular weight excluding hydrogens is 186 g/mol. The normalized spacial score (nSPS) is 40.4. The maximum atomic E-state index is 9.48. The summed E-state index contributed by atoms with van der Waals surface area (Å²) in [6, 6.07) is 0.795. The van der Waals surface area contributed by atoms with Crippen LogP contribution in [0.1, 0.15) is 46.5 Å². The van der Waals surface area contributed by atoms with Crippen LogP contribution in [0.3, 0.4) is 0 Å². The Morgan fingerprint density at radius 2 is 1.87 bits per heavy atom. The van der Waals surface area contributed by atoms with Gasteiger partial charge in [-0.1, -0.05) is 6.42 Å². The Hall–Kier alpha value is -0.0800. The molecule has 2 N–H and O–H groups in total. The molecule has 6 atom stereocenters. The van der Waals surface area contributed by atoms with E-state index in [-0.39, 0.29) is 12.1 Å². The molecule has 2 nitrogen and oxygen atoms in total. The van der Waals surface area contributed by atoms with Gasteiger partial charge >= 0.3 is 0 Å². The summed E-state index contributed by atoms with van der Waals surface area (Å²) >= 11 is 0. The summed E-state index contributed by atoms with van der Waals surface area (Å²) in [7, 11) is 0. The van der Waals surface area contributed by atoms with Crippen LogP contribution < -0.4 is 5.32 Å². The van der Waals surface area contributed by atoms with Gasteiger partial charge in [0.15, 0.2) is 0 Å². The molecule has 2 fully saturated rings. The van der Waals surface area contributed by atoms with Crippen LogP contribution in [-0.4, -0.2) is 23.3 Å². The zero-order valence-corrected chi connectivity index (χ0v) is 10.2. The van der Waals surface area contributed by atoms with Gasteiger partial charge in [-0.15, -0.1) is 0 Å². The highest BCUT2D eigenvalue weighted by atomic mass is 16.3. The molecule has 0 radical (unpaired) electrons. The Balaban J connectivity index is 1.83. The van der Waals surface area contributed by atoms with E-state index < -0.39 is 0 Å². The van der Waals surface area contributed by atoms with Crippen molar-refractivity contribution in [2.75, 3.05) is 0 Å². The van der Waals surface area contributed by atoms with Crippen LogP contribution in [0.15, 0.2) is 0 Å². The topological polar surface area (TPSA) is 32.3 Å². The molecule has 2 aliphatic carbocycles. The van der Waals surface area contributed by atoms with Gasteiger partial charge in [0.2, 0.25) is 0 Å². The van der Waals surface area contributed by atoms with Crippen LogP contribution >= 0.6 is 0 Å². The van der Waals surface area contributed by atoms with Crippen molar-refractivity contribution in [3.05, 3.63) is 0 Å². The quantitative estimate of drug-likeness (QED) is 0.747. The van der Waals surface area contributed by atoms with Crippen molar-refractivity contribution >= 4 is 0 Å². The van der Waals surface area contributed by atoms with Gasteiger partial charge in [-0.25, -0.2) is 0 Å². The van der Waals surface area contributed by atoms with Gasteiger partial charge in [-0.3, -0.25) is 0 Å². The molecule has 0 spiro atoms. The van der Waals surface area contributed by atoms with Crippen LogP contribution in [-0.2, 0) is 0 Å². The minimum Gasteiger partial charge on any atom is -0.392 e. The first-order valence-electron chi connectivity index (χ1n) is 6.52. The maximum Gasteiger partial charge on any atom is 0.0662 e. The Bertz CT molecular complexity index is 217. The highest BCUT2D eigenvalue weighted by molar-refractivity contribution is 4.94. The average Bonchev–Trinajstić information content (AvgIpc) is 2.78. The second-order valence-corrected chi connectivity index (χ2v) is 5.82. The van der Waals surface area contributed by atoms with E-state index in [0.29, 0.717) is 6.04 Å². The van der Waals surface area contributed by atoms with Crippen LogP contribution in [0.2, 0.25) is 0 Å². The lowest BCUT2D eigenvalue weighted by Gasteiger charge is -2.31. The zero-order valence-electron chi connectivity index (χ0n) is 10.2. The molecule has 2 aliphatic rings. The fourth-order valence-electron chi connectivity index (χ4n) is 3.58. The average molecular weight is 211 g/mol. The highest BCUT2D eigenvalue weighted by Crippen LogP contribution is 2.49. The maximum absolute atomic E-state index is 9.48. The molecule has 0 aromatic carbocycles. The minimum atomic E-state index is -0.244. The zero-order chi connectivity index (χ0) is 11.0. The Morgan fingerprint density at radius 3 is 2.33 bits per heavy atom. The first-order valence-corrected chi connectivity index (χ1v) is 6.52. The fourth-order valence-corrected chi connectivity index (χ4v) is 3.58. The molecule has 2 rings (SSSR count). The largest absolute Gasteiger partial charge is 0.392 e.